The molecule has 1 aromatic heterocycles. The van der Waals surface area contributed by atoms with E-state index < -0.39 is 5.41 Å². The summed E-state index contributed by atoms with van der Waals surface area (Å²) < 4.78 is 5.27. The van der Waals surface area contributed by atoms with Crippen molar-refractivity contribution in [1.29, 1.82) is 0 Å². The third-order valence-electron chi connectivity index (χ3n) is 6.09. The van der Waals surface area contributed by atoms with E-state index in [9.17, 15) is 14.4 Å². The summed E-state index contributed by atoms with van der Waals surface area (Å²) in [6.07, 6.45) is 2.76. The monoisotopic (exact) mass is 395 g/mol. The first-order valence-corrected chi connectivity index (χ1v) is 9.94. The quantitative estimate of drug-likeness (QED) is 0.829. The first kappa shape index (κ1) is 19.2. The molecule has 2 saturated heterocycles. The molecule has 0 saturated carbocycles. The molecule has 152 valence electrons. The predicted octanol–water partition coefficient (Wildman–Crippen LogP) is 2.02. The Hall–Kier alpha value is -3.09. The van der Waals surface area contributed by atoms with Crippen LogP contribution >= 0.6 is 0 Å². The SMILES string of the molecule is Cc1occc1C(=O)N1CC[C@H]2NC(=O)CC[C@]2(C(=O)NCc2ccccc2)C1. The number of carbonyl (C=O) groups excluding carboxylic acids is 3. The number of benzene rings is 1. The highest BCUT2D eigenvalue weighted by atomic mass is 16.3. The number of aryl methyl sites for hydroxylation is 1. The van der Waals surface area contributed by atoms with Crippen LogP contribution in [0.1, 0.15) is 40.9 Å². The zero-order valence-electron chi connectivity index (χ0n) is 16.4. The van der Waals surface area contributed by atoms with Crippen molar-refractivity contribution in [2.75, 3.05) is 13.1 Å². The maximum Gasteiger partial charge on any atom is 0.257 e. The summed E-state index contributed by atoms with van der Waals surface area (Å²) in [4.78, 5) is 40.0. The van der Waals surface area contributed by atoms with Gasteiger partial charge in [-0.2, -0.15) is 0 Å². The van der Waals surface area contributed by atoms with Crippen molar-refractivity contribution < 1.29 is 18.8 Å². The molecule has 0 spiro atoms. The average Bonchev–Trinajstić information content (AvgIpc) is 3.17. The van der Waals surface area contributed by atoms with Gasteiger partial charge in [0.25, 0.3) is 5.91 Å². The van der Waals surface area contributed by atoms with Gasteiger partial charge in [0, 0.05) is 32.1 Å². The Morgan fingerprint density at radius 2 is 2.07 bits per heavy atom. The van der Waals surface area contributed by atoms with Crippen LogP contribution in [0.4, 0.5) is 0 Å². The van der Waals surface area contributed by atoms with Crippen LogP contribution < -0.4 is 10.6 Å². The molecule has 1 aromatic carbocycles. The van der Waals surface area contributed by atoms with Crippen molar-refractivity contribution >= 4 is 17.7 Å². The van der Waals surface area contributed by atoms with Crippen molar-refractivity contribution in [3.8, 4) is 0 Å². The Bertz CT molecular complexity index is 923. The fourth-order valence-electron chi connectivity index (χ4n) is 4.41. The van der Waals surface area contributed by atoms with E-state index in [-0.39, 0.29) is 36.7 Å². The molecule has 2 aliphatic heterocycles. The number of rotatable bonds is 4. The molecule has 7 nitrogen and oxygen atoms in total. The van der Waals surface area contributed by atoms with Crippen LogP contribution in [-0.2, 0) is 16.1 Å². The van der Waals surface area contributed by atoms with Gasteiger partial charge in [0.05, 0.1) is 17.2 Å². The van der Waals surface area contributed by atoms with Gasteiger partial charge in [0.2, 0.25) is 11.8 Å². The lowest BCUT2D eigenvalue weighted by molar-refractivity contribution is -0.142. The van der Waals surface area contributed by atoms with E-state index in [0.29, 0.717) is 37.3 Å². The maximum absolute atomic E-state index is 13.3. The smallest absolute Gasteiger partial charge is 0.257 e. The summed E-state index contributed by atoms with van der Waals surface area (Å²) in [5.41, 5.74) is 0.698. The molecular weight excluding hydrogens is 370 g/mol. The largest absolute Gasteiger partial charge is 0.469 e. The van der Waals surface area contributed by atoms with Gasteiger partial charge in [-0.25, -0.2) is 0 Å². The normalized spacial score (nSPS) is 23.8. The molecule has 29 heavy (non-hydrogen) atoms. The third-order valence-corrected chi connectivity index (χ3v) is 6.09. The molecule has 7 heteroatoms. The molecule has 2 fully saturated rings. The van der Waals surface area contributed by atoms with Crippen molar-refractivity contribution in [1.82, 2.24) is 15.5 Å². The number of piperidine rings is 2. The van der Waals surface area contributed by atoms with Crippen molar-refractivity contribution in [2.24, 2.45) is 5.41 Å². The Morgan fingerprint density at radius 3 is 2.79 bits per heavy atom. The van der Waals surface area contributed by atoms with Crippen LogP contribution in [0.3, 0.4) is 0 Å². The molecule has 2 aliphatic rings. The van der Waals surface area contributed by atoms with E-state index in [4.69, 9.17) is 4.42 Å². The van der Waals surface area contributed by atoms with Gasteiger partial charge in [-0.05, 0) is 31.4 Å². The highest BCUT2D eigenvalue weighted by Gasteiger charge is 2.52. The number of hydrogen-bond acceptors (Lipinski definition) is 4. The van der Waals surface area contributed by atoms with Crippen LogP contribution in [0.5, 0.6) is 0 Å². The summed E-state index contributed by atoms with van der Waals surface area (Å²) in [6, 6.07) is 11.1. The van der Waals surface area contributed by atoms with Gasteiger partial charge in [-0.15, -0.1) is 0 Å². The number of nitrogens with one attached hydrogen (secondary N) is 2. The molecule has 2 atom stereocenters. The van der Waals surface area contributed by atoms with Gasteiger partial charge in [-0.3, -0.25) is 14.4 Å². The van der Waals surface area contributed by atoms with Crippen molar-refractivity contribution in [3.05, 3.63) is 59.5 Å². The van der Waals surface area contributed by atoms with Gasteiger partial charge in [-0.1, -0.05) is 30.3 Å². The molecule has 0 aliphatic carbocycles. The Kier molecular flexibility index (Phi) is 5.13. The lowest BCUT2D eigenvalue weighted by Crippen LogP contribution is -2.66. The van der Waals surface area contributed by atoms with E-state index in [1.807, 2.05) is 30.3 Å². The zero-order chi connectivity index (χ0) is 20.4. The fraction of sp³-hybridized carbons (Fsp3) is 0.409. The Labute approximate surface area is 169 Å². The molecule has 0 radical (unpaired) electrons. The second-order valence-corrected chi connectivity index (χ2v) is 7.85. The number of fused-ring (bicyclic) bond motifs is 1. The van der Waals surface area contributed by atoms with Crippen LogP contribution in [0.15, 0.2) is 47.1 Å². The standard InChI is InChI=1S/C22H25N3O4/c1-15-17(9-12-29-15)20(27)25-11-8-18-22(14-25,10-7-19(26)24-18)21(28)23-13-16-5-3-2-4-6-16/h2-6,9,12,18H,7-8,10-11,13-14H2,1H3,(H,23,28)(H,24,26)/t18-,22+/m1/s1. The molecule has 0 unspecified atom stereocenters. The van der Waals surface area contributed by atoms with Gasteiger partial charge >= 0.3 is 0 Å². The van der Waals surface area contributed by atoms with Crippen molar-refractivity contribution in [3.63, 3.8) is 0 Å². The summed E-state index contributed by atoms with van der Waals surface area (Å²) >= 11 is 0. The van der Waals surface area contributed by atoms with E-state index in [1.165, 1.54) is 6.26 Å². The highest BCUT2D eigenvalue weighted by molar-refractivity contribution is 5.96. The molecule has 3 amide bonds. The predicted molar refractivity (Wildman–Crippen MR) is 106 cm³/mol. The van der Waals surface area contributed by atoms with E-state index in [2.05, 4.69) is 10.6 Å². The van der Waals surface area contributed by atoms with Crippen LogP contribution in [0.2, 0.25) is 0 Å². The summed E-state index contributed by atoms with van der Waals surface area (Å²) in [5, 5.41) is 6.02. The second-order valence-electron chi connectivity index (χ2n) is 7.85. The molecule has 4 rings (SSSR count). The minimum absolute atomic E-state index is 0.0352. The Morgan fingerprint density at radius 1 is 1.28 bits per heavy atom. The minimum Gasteiger partial charge on any atom is -0.469 e. The van der Waals surface area contributed by atoms with Crippen LogP contribution in [0.25, 0.3) is 0 Å². The fourth-order valence-corrected chi connectivity index (χ4v) is 4.41. The summed E-state index contributed by atoms with van der Waals surface area (Å²) in [5.74, 6) is 0.276. The molecule has 3 heterocycles. The maximum atomic E-state index is 13.3. The summed E-state index contributed by atoms with van der Waals surface area (Å²) in [6.45, 7) is 2.93. The highest BCUT2D eigenvalue weighted by Crippen LogP contribution is 2.39. The zero-order valence-corrected chi connectivity index (χ0v) is 16.4. The number of likely N-dealkylation sites (tertiary alicyclic amines) is 1. The molecular formula is C22H25N3O4. The molecule has 2 aromatic rings. The average molecular weight is 395 g/mol. The van der Waals surface area contributed by atoms with Crippen molar-refractivity contribution in [2.45, 2.75) is 38.8 Å². The number of nitrogens with zero attached hydrogens (tertiary/aromatic N) is 1. The van der Waals surface area contributed by atoms with E-state index in [0.717, 1.165) is 5.56 Å². The van der Waals surface area contributed by atoms with E-state index >= 15 is 0 Å². The van der Waals surface area contributed by atoms with Gasteiger partial charge in [0.1, 0.15) is 5.76 Å². The second kappa shape index (κ2) is 7.73. The third kappa shape index (κ3) is 3.64. The molecule has 0 bridgehead atoms. The number of amides is 3. The number of furan rings is 1. The minimum atomic E-state index is -0.825. The van der Waals surface area contributed by atoms with Crippen LogP contribution in [0, 0.1) is 12.3 Å². The number of carbonyl (C=O) groups is 3. The van der Waals surface area contributed by atoms with E-state index in [1.54, 1.807) is 17.9 Å². The lowest BCUT2D eigenvalue weighted by Gasteiger charge is -2.49. The van der Waals surface area contributed by atoms with Crippen LogP contribution in [-0.4, -0.2) is 41.8 Å². The lowest BCUT2D eigenvalue weighted by atomic mass is 9.69. The topological polar surface area (TPSA) is 91.7 Å². The van der Waals surface area contributed by atoms with Gasteiger partial charge < -0.3 is 20.0 Å². The summed E-state index contributed by atoms with van der Waals surface area (Å²) in [7, 11) is 0. The first-order valence-electron chi connectivity index (χ1n) is 9.94. The first-order chi connectivity index (χ1) is 14.0. The Balaban J connectivity index is 1.55. The number of hydrogen-bond donors (Lipinski definition) is 2. The molecule has 2 N–H and O–H groups in total. The van der Waals surface area contributed by atoms with Gasteiger partial charge in [0.15, 0.2) is 0 Å².